The molecule has 0 aliphatic heterocycles. The van der Waals surface area contributed by atoms with E-state index in [0.29, 0.717) is 10.1 Å². The first-order chi connectivity index (χ1) is 12.3. The lowest BCUT2D eigenvalue weighted by molar-refractivity contribution is 0.102. The van der Waals surface area contributed by atoms with E-state index in [1.54, 1.807) is 12.1 Å². The van der Waals surface area contributed by atoms with Gasteiger partial charge in [-0.15, -0.1) is 10.2 Å². The highest BCUT2D eigenvalue weighted by Gasteiger charge is 2.16. The number of carbonyl (C=O) groups excluding carboxylic acids is 1. The largest absolute Gasteiger partial charge is 0.296 e. The van der Waals surface area contributed by atoms with Gasteiger partial charge in [0.1, 0.15) is 5.01 Å². The van der Waals surface area contributed by atoms with E-state index in [9.17, 15) is 13.2 Å². The summed E-state index contributed by atoms with van der Waals surface area (Å²) in [6.45, 7) is 2.00. The quantitative estimate of drug-likeness (QED) is 0.699. The monoisotopic (exact) mass is 388 g/mol. The molecular weight excluding hydrogens is 372 g/mol. The Morgan fingerprint density at radius 2 is 1.73 bits per heavy atom. The number of benzene rings is 2. The normalized spacial score (nSPS) is 11.2. The number of amides is 1. The van der Waals surface area contributed by atoms with Gasteiger partial charge >= 0.3 is 0 Å². The van der Waals surface area contributed by atoms with Crippen molar-refractivity contribution in [2.24, 2.45) is 0 Å². The van der Waals surface area contributed by atoms with Crippen LogP contribution in [-0.2, 0) is 10.0 Å². The lowest BCUT2D eigenvalue weighted by atomic mass is 10.2. The van der Waals surface area contributed by atoms with Crippen LogP contribution in [0, 0.1) is 6.92 Å². The summed E-state index contributed by atoms with van der Waals surface area (Å²) in [7, 11) is -3.50. The van der Waals surface area contributed by atoms with Crippen LogP contribution in [0.3, 0.4) is 0 Å². The fourth-order valence-electron chi connectivity index (χ4n) is 2.22. The van der Waals surface area contributed by atoms with E-state index in [-0.39, 0.29) is 11.3 Å². The van der Waals surface area contributed by atoms with Gasteiger partial charge in [0.25, 0.3) is 5.91 Å². The van der Waals surface area contributed by atoms with Crippen molar-refractivity contribution in [2.75, 3.05) is 16.3 Å². The third-order valence-electron chi connectivity index (χ3n) is 3.41. The zero-order valence-corrected chi connectivity index (χ0v) is 15.7. The number of para-hydroxylation sites is 1. The number of nitrogens with zero attached hydrogens (tertiary/aromatic N) is 2. The average Bonchev–Trinajstić information content (AvgIpc) is 3.03. The Morgan fingerprint density at radius 1 is 1.04 bits per heavy atom. The molecule has 2 N–H and O–H groups in total. The van der Waals surface area contributed by atoms with E-state index in [2.05, 4.69) is 20.2 Å². The fourth-order valence-corrected chi connectivity index (χ4v) is 3.54. The van der Waals surface area contributed by atoms with Gasteiger partial charge in [-0.3, -0.25) is 14.8 Å². The first-order valence-corrected chi connectivity index (χ1v) is 10.3. The lowest BCUT2D eigenvalue weighted by Gasteiger charge is -2.09. The molecule has 26 heavy (non-hydrogen) atoms. The second-order valence-electron chi connectivity index (χ2n) is 5.65. The third kappa shape index (κ3) is 4.44. The van der Waals surface area contributed by atoms with E-state index >= 15 is 0 Å². The minimum absolute atomic E-state index is 0.199. The molecule has 2 aromatic carbocycles. The Kier molecular flexibility index (Phi) is 5.01. The highest BCUT2D eigenvalue weighted by Crippen LogP contribution is 2.27. The molecule has 0 aliphatic rings. The molecule has 7 nitrogen and oxygen atoms in total. The van der Waals surface area contributed by atoms with Gasteiger partial charge in [-0.1, -0.05) is 53.3 Å². The lowest BCUT2D eigenvalue weighted by Crippen LogP contribution is -2.17. The third-order valence-corrected chi connectivity index (χ3v) is 4.89. The molecule has 134 valence electrons. The van der Waals surface area contributed by atoms with Crippen LogP contribution in [0.2, 0.25) is 0 Å². The Morgan fingerprint density at radius 3 is 2.42 bits per heavy atom. The van der Waals surface area contributed by atoms with Crippen molar-refractivity contribution in [3.05, 3.63) is 59.7 Å². The second kappa shape index (κ2) is 7.22. The summed E-state index contributed by atoms with van der Waals surface area (Å²) in [6, 6.07) is 14.2. The molecule has 3 aromatic rings. The number of nitrogens with one attached hydrogen (secondary N) is 2. The summed E-state index contributed by atoms with van der Waals surface area (Å²) in [5.74, 6) is -0.469. The van der Waals surface area contributed by atoms with E-state index in [0.717, 1.165) is 17.4 Å². The van der Waals surface area contributed by atoms with Crippen LogP contribution in [0.5, 0.6) is 0 Å². The molecule has 0 saturated carbocycles. The topological polar surface area (TPSA) is 101 Å². The van der Waals surface area contributed by atoms with E-state index in [4.69, 9.17) is 0 Å². The number of hydrogen-bond acceptors (Lipinski definition) is 6. The molecule has 0 radical (unpaired) electrons. The summed E-state index contributed by atoms with van der Waals surface area (Å²) in [5.41, 5.74) is 2.45. The Labute approximate surface area is 155 Å². The van der Waals surface area contributed by atoms with Gasteiger partial charge < -0.3 is 0 Å². The van der Waals surface area contributed by atoms with Crippen LogP contribution >= 0.6 is 11.3 Å². The van der Waals surface area contributed by atoms with Gasteiger partial charge in [0, 0.05) is 5.56 Å². The molecule has 9 heteroatoms. The molecule has 1 aromatic heterocycles. The average molecular weight is 388 g/mol. The zero-order chi connectivity index (χ0) is 18.7. The molecule has 0 unspecified atom stereocenters. The number of sulfonamides is 1. The Hall–Kier alpha value is -2.78. The predicted octanol–water partition coefficient (Wildman–Crippen LogP) is 3.14. The molecule has 0 atom stereocenters. The van der Waals surface area contributed by atoms with Gasteiger partial charge in [0.2, 0.25) is 15.2 Å². The molecule has 1 amide bonds. The first-order valence-electron chi connectivity index (χ1n) is 7.60. The molecule has 0 fully saturated rings. The van der Waals surface area contributed by atoms with Crippen LogP contribution in [0.4, 0.5) is 10.8 Å². The van der Waals surface area contributed by atoms with Crippen molar-refractivity contribution >= 4 is 38.1 Å². The van der Waals surface area contributed by atoms with Crippen molar-refractivity contribution in [3.63, 3.8) is 0 Å². The van der Waals surface area contributed by atoms with Crippen LogP contribution < -0.4 is 10.0 Å². The molecular formula is C17H16N4O3S2. The number of rotatable bonds is 5. The minimum atomic E-state index is -3.50. The molecule has 0 saturated heterocycles. The molecule has 3 rings (SSSR count). The van der Waals surface area contributed by atoms with Crippen LogP contribution in [0.15, 0.2) is 48.5 Å². The number of anilines is 2. The molecule has 0 spiro atoms. The fraction of sp³-hybridized carbons (Fsp3) is 0.118. The van der Waals surface area contributed by atoms with Crippen molar-refractivity contribution < 1.29 is 13.2 Å². The number of aryl methyl sites for hydroxylation is 1. The van der Waals surface area contributed by atoms with Gasteiger partial charge in [-0.25, -0.2) is 8.42 Å². The van der Waals surface area contributed by atoms with Gasteiger partial charge in [0.15, 0.2) is 0 Å². The van der Waals surface area contributed by atoms with Gasteiger partial charge in [-0.2, -0.15) is 0 Å². The summed E-state index contributed by atoms with van der Waals surface area (Å²) in [6.07, 6.45) is 1.03. The first kappa shape index (κ1) is 18.0. The minimum Gasteiger partial charge on any atom is -0.296 e. The van der Waals surface area contributed by atoms with E-state index in [1.165, 1.54) is 23.5 Å². The smallest absolute Gasteiger partial charge is 0.259 e. The number of aromatic nitrogens is 2. The Bertz CT molecular complexity index is 1040. The standard InChI is InChI=1S/C17H16N4O3S2/c1-11-7-9-12(10-8-11)16-19-20-17(25-16)18-15(22)13-5-3-4-6-14(13)21-26(2,23)24/h3-10,21H,1-2H3,(H,18,20,22). The zero-order valence-electron chi connectivity index (χ0n) is 14.1. The van der Waals surface area contributed by atoms with Crippen LogP contribution in [0.1, 0.15) is 15.9 Å². The van der Waals surface area contributed by atoms with Gasteiger partial charge in [0.05, 0.1) is 17.5 Å². The second-order valence-corrected chi connectivity index (χ2v) is 8.38. The maximum atomic E-state index is 12.5. The van der Waals surface area contributed by atoms with E-state index in [1.807, 2.05) is 31.2 Å². The maximum absolute atomic E-state index is 12.5. The van der Waals surface area contributed by atoms with Crippen molar-refractivity contribution in [1.82, 2.24) is 10.2 Å². The molecule has 1 heterocycles. The van der Waals surface area contributed by atoms with Crippen molar-refractivity contribution in [3.8, 4) is 10.6 Å². The maximum Gasteiger partial charge on any atom is 0.259 e. The summed E-state index contributed by atoms with van der Waals surface area (Å²) >= 11 is 1.24. The van der Waals surface area contributed by atoms with E-state index < -0.39 is 15.9 Å². The summed E-state index contributed by atoms with van der Waals surface area (Å²) in [5, 5.41) is 11.7. The summed E-state index contributed by atoms with van der Waals surface area (Å²) < 4.78 is 25.2. The van der Waals surface area contributed by atoms with Gasteiger partial charge in [-0.05, 0) is 19.1 Å². The van der Waals surface area contributed by atoms with Crippen molar-refractivity contribution in [2.45, 2.75) is 6.92 Å². The predicted molar refractivity (Wildman–Crippen MR) is 103 cm³/mol. The summed E-state index contributed by atoms with van der Waals surface area (Å²) in [4.78, 5) is 12.5. The highest BCUT2D eigenvalue weighted by molar-refractivity contribution is 7.92. The SMILES string of the molecule is Cc1ccc(-c2nnc(NC(=O)c3ccccc3NS(C)(=O)=O)s2)cc1. The molecule has 0 bridgehead atoms. The number of hydrogen-bond donors (Lipinski definition) is 2. The Balaban J connectivity index is 1.80. The highest BCUT2D eigenvalue weighted by atomic mass is 32.2. The van der Waals surface area contributed by atoms with Crippen LogP contribution in [0.25, 0.3) is 10.6 Å². The number of carbonyl (C=O) groups is 1. The van der Waals surface area contributed by atoms with Crippen molar-refractivity contribution in [1.29, 1.82) is 0 Å². The van der Waals surface area contributed by atoms with Crippen LogP contribution in [-0.4, -0.2) is 30.8 Å². The molecule has 0 aliphatic carbocycles.